The monoisotopic (exact) mass is 244 g/mol. The zero-order valence-electron chi connectivity index (χ0n) is 11.7. The van der Waals surface area contributed by atoms with Crippen molar-refractivity contribution in [1.29, 1.82) is 0 Å². The van der Waals surface area contributed by atoms with Gasteiger partial charge in [0.15, 0.2) is 0 Å². The van der Waals surface area contributed by atoms with Gasteiger partial charge < -0.3 is 5.11 Å². The second-order valence-electron chi connectivity index (χ2n) is 6.35. The van der Waals surface area contributed by atoms with Crippen molar-refractivity contribution in [3.05, 3.63) is 41.0 Å². The first-order chi connectivity index (χ1) is 8.47. The molecule has 1 aliphatic rings. The predicted octanol–water partition coefficient (Wildman–Crippen LogP) is 4.30. The molecule has 1 heteroatoms. The van der Waals surface area contributed by atoms with E-state index in [1.807, 2.05) is 0 Å². The minimum atomic E-state index is -0.221. The molecule has 2 rings (SSSR count). The summed E-state index contributed by atoms with van der Waals surface area (Å²) < 4.78 is 0. The number of aliphatic hydroxyl groups excluding tert-OH is 1. The molecule has 1 aliphatic carbocycles. The Hall–Kier alpha value is -1.08. The van der Waals surface area contributed by atoms with Crippen molar-refractivity contribution >= 4 is 6.08 Å². The highest BCUT2D eigenvalue weighted by molar-refractivity contribution is 5.54. The summed E-state index contributed by atoms with van der Waals surface area (Å²) in [4.78, 5) is 0. The largest absolute Gasteiger partial charge is 0.389 e. The first-order valence-electron chi connectivity index (χ1n) is 6.96. The third kappa shape index (κ3) is 3.23. The summed E-state index contributed by atoms with van der Waals surface area (Å²) in [5.41, 5.74) is 3.97. The second-order valence-corrected chi connectivity index (χ2v) is 6.35. The van der Waals surface area contributed by atoms with Gasteiger partial charge in [0.2, 0.25) is 0 Å². The molecule has 0 amide bonds. The molecule has 0 aliphatic heterocycles. The van der Waals surface area contributed by atoms with Crippen LogP contribution in [0.4, 0.5) is 0 Å². The van der Waals surface area contributed by atoms with E-state index in [1.165, 1.54) is 23.1 Å². The Morgan fingerprint density at radius 1 is 1.11 bits per heavy atom. The van der Waals surface area contributed by atoms with E-state index in [0.717, 1.165) is 19.3 Å². The topological polar surface area (TPSA) is 20.2 Å². The fraction of sp³-hybridized carbons (Fsp3) is 0.529. The molecule has 1 N–H and O–H groups in total. The number of hydrogen-bond acceptors (Lipinski definition) is 1. The lowest BCUT2D eigenvalue weighted by Gasteiger charge is -2.21. The van der Waals surface area contributed by atoms with Crippen LogP contribution in [-0.2, 0) is 5.41 Å². The summed E-state index contributed by atoms with van der Waals surface area (Å²) in [7, 11) is 0. The normalized spacial score (nSPS) is 23.3. The quantitative estimate of drug-likeness (QED) is 0.780. The fourth-order valence-corrected chi connectivity index (χ4v) is 2.48. The molecule has 1 unspecified atom stereocenters. The van der Waals surface area contributed by atoms with Gasteiger partial charge in [-0.05, 0) is 41.4 Å². The van der Waals surface area contributed by atoms with E-state index in [2.05, 4.69) is 51.1 Å². The molecule has 1 saturated carbocycles. The molecule has 18 heavy (non-hydrogen) atoms. The Morgan fingerprint density at radius 2 is 1.78 bits per heavy atom. The number of hydrogen-bond donors (Lipinski definition) is 1. The molecule has 0 bridgehead atoms. The zero-order valence-corrected chi connectivity index (χ0v) is 11.7. The summed E-state index contributed by atoms with van der Waals surface area (Å²) in [5.74, 6) is 0. The van der Waals surface area contributed by atoms with Crippen molar-refractivity contribution in [2.45, 2.75) is 58.0 Å². The van der Waals surface area contributed by atoms with Crippen molar-refractivity contribution in [3.8, 4) is 0 Å². The summed E-state index contributed by atoms with van der Waals surface area (Å²) in [5, 5.41) is 9.95. The molecule has 98 valence electrons. The third-order valence-corrected chi connectivity index (χ3v) is 3.75. The maximum Gasteiger partial charge on any atom is 0.0753 e. The molecule has 1 aromatic carbocycles. The summed E-state index contributed by atoms with van der Waals surface area (Å²) >= 11 is 0. The number of rotatable bonds is 1. The SMILES string of the molecule is CC(C)(C)c1ccc(/C=C2\CCCCC2O)cc1. The number of benzene rings is 1. The second kappa shape index (κ2) is 5.27. The van der Waals surface area contributed by atoms with Crippen LogP contribution in [0.1, 0.15) is 57.6 Å². The van der Waals surface area contributed by atoms with Gasteiger partial charge in [-0.1, -0.05) is 57.5 Å². The van der Waals surface area contributed by atoms with Gasteiger partial charge in [0.1, 0.15) is 0 Å². The first-order valence-corrected chi connectivity index (χ1v) is 6.96. The molecule has 1 fully saturated rings. The molecule has 0 heterocycles. The van der Waals surface area contributed by atoms with E-state index >= 15 is 0 Å². The number of aliphatic hydroxyl groups is 1. The van der Waals surface area contributed by atoms with Crippen LogP contribution in [0.25, 0.3) is 6.08 Å². The van der Waals surface area contributed by atoms with E-state index < -0.39 is 0 Å². The van der Waals surface area contributed by atoms with E-state index in [1.54, 1.807) is 0 Å². The molecular weight excluding hydrogens is 220 g/mol. The standard InChI is InChI=1S/C17H24O/c1-17(2,3)15-10-8-13(9-11-15)12-14-6-4-5-7-16(14)18/h8-12,16,18H,4-7H2,1-3H3/b14-12+. The van der Waals surface area contributed by atoms with E-state index in [9.17, 15) is 5.11 Å². The van der Waals surface area contributed by atoms with Crippen LogP contribution in [0.15, 0.2) is 29.8 Å². The van der Waals surface area contributed by atoms with Crippen molar-refractivity contribution in [3.63, 3.8) is 0 Å². The van der Waals surface area contributed by atoms with Gasteiger partial charge in [0.25, 0.3) is 0 Å². The van der Waals surface area contributed by atoms with Crippen LogP contribution in [-0.4, -0.2) is 11.2 Å². The molecule has 0 radical (unpaired) electrons. The highest BCUT2D eigenvalue weighted by Crippen LogP contribution is 2.27. The Kier molecular flexibility index (Phi) is 3.91. The molecule has 0 spiro atoms. The lowest BCUT2D eigenvalue weighted by atomic mass is 9.86. The van der Waals surface area contributed by atoms with Gasteiger partial charge >= 0.3 is 0 Å². The molecule has 0 saturated heterocycles. The lowest BCUT2D eigenvalue weighted by molar-refractivity contribution is 0.180. The predicted molar refractivity (Wildman–Crippen MR) is 77.6 cm³/mol. The van der Waals surface area contributed by atoms with Gasteiger partial charge in [-0.2, -0.15) is 0 Å². The Morgan fingerprint density at radius 3 is 2.33 bits per heavy atom. The highest BCUT2D eigenvalue weighted by atomic mass is 16.3. The Balaban J connectivity index is 2.17. The maximum atomic E-state index is 9.95. The van der Waals surface area contributed by atoms with Crippen molar-refractivity contribution in [2.24, 2.45) is 0 Å². The smallest absolute Gasteiger partial charge is 0.0753 e. The van der Waals surface area contributed by atoms with Gasteiger partial charge in [-0.25, -0.2) is 0 Å². The van der Waals surface area contributed by atoms with E-state index in [0.29, 0.717) is 0 Å². The van der Waals surface area contributed by atoms with Gasteiger partial charge in [0, 0.05) is 0 Å². The molecule has 1 nitrogen and oxygen atoms in total. The lowest BCUT2D eigenvalue weighted by Crippen LogP contribution is -2.14. The summed E-state index contributed by atoms with van der Waals surface area (Å²) in [6.07, 6.45) is 6.27. The van der Waals surface area contributed by atoms with Gasteiger partial charge in [-0.3, -0.25) is 0 Å². The molecule has 1 atom stereocenters. The van der Waals surface area contributed by atoms with Crippen LogP contribution in [0, 0.1) is 0 Å². The Labute approximate surface area is 111 Å². The van der Waals surface area contributed by atoms with E-state index in [-0.39, 0.29) is 11.5 Å². The van der Waals surface area contributed by atoms with Gasteiger partial charge in [-0.15, -0.1) is 0 Å². The first kappa shape index (κ1) is 13.4. The van der Waals surface area contributed by atoms with Crippen LogP contribution in [0.2, 0.25) is 0 Å². The van der Waals surface area contributed by atoms with Gasteiger partial charge in [0.05, 0.1) is 6.10 Å². The summed E-state index contributed by atoms with van der Waals surface area (Å²) in [6.45, 7) is 6.68. The average molecular weight is 244 g/mol. The average Bonchev–Trinajstić information content (AvgIpc) is 2.32. The maximum absolute atomic E-state index is 9.95. The van der Waals surface area contributed by atoms with Crippen LogP contribution >= 0.6 is 0 Å². The van der Waals surface area contributed by atoms with Crippen LogP contribution in [0.5, 0.6) is 0 Å². The summed E-state index contributed by atoms with van der Waals surface area (Å²) in [6, 6.07) is 8.72. The fourth-order valence-electron chi connectivity index (χ4n) is 2.48. The minimum absolute atomic E-state index is 0.204. The van der Waals surface area contributed by atoms with Crippen molar-refractivity contribution in [2.75, 3.05) is 0 Å². The molecule has 1 aromatic rings. The zero-order chi connectivity index (χ0) is 13.2. The minimum Gasteiger partial charge on any atom is -0.389 e. The van der Waals surface area contributed by atoms with E-state index in [4.69, 9.17) is 0 Å². The van der Waals surface area contributed by atoms with Crippen molar-refractivity contribution < 1.29 is 5.11 Å². The van der Waals surface area contributed by atoms with Crippen LogP contribution < -0.4 is 0 Å². The van der Waals surface area contributed by atoms with Crippen molar-refractivity contribution in [1.82, 2.24) is 0 Å². The molecule has 0 aromatic heterocycles. The highest BCUT2D eigenvalue weighted by Gasteiger charge is 2.16. The third-order valence-electron chi connectivity index (χ3n) is 3.75. The molecular formula is C17H24O. The van der Waals surface area contributed by atoms with Crippen LogP contribution in [0.3, 0.4) is 0 Å². The Bertz CT molecular complexity index is 420.